The van der Waals surface area contributed by atoms with E-state index in [-0.39, 0.29) is 16.3 Å². The molecule has 8 heteroatoms. The highest BCUT2D eigenvalue weighted by Crippen LogP contribution is 2.26. The van der Waals surface area contributed by atoms with E-state index in [1.54, 1.807) is 5.38 Å². The predicted octanol–water partition coefficient (Wildman–Crippen LogP) is 1.86. The molecule has 0 unspecified atom stereocenters. The molecule has 0 bridgehead atoms. The van der Waals surface area contributed by atoms with Crippen molar-refractivity contribution in [2.24, 2.45) is 5.73 Å². The third-order valence-electron chi connectivity index (χ3n) is 4.00. The lowest BCUT2D eigenvalue weighted by atomic mass is 9.92. The summed E-state index contributed by atoms with van der Waals surface area (Å²) in [6, 6.07) is 1.41. The minimum atomic E-state index is -3.77. The summed E-state index contributed by atoms with van der Waals surface area (Å²) in [6.07, 6.45) is 5.94. The van der Waals surface area contributed by atoms with Crippen molar-refractivity contribution in [1.29, 1.82) is 0 Å². The quantitative estimate of drug-likeness (QED) is 0.626. The van der Waals surface area contributed by atoms with Crippen LogP contribution in [0.4, 0.5) is 0 Å². The Labute approximate surface area is 135 Å². The molecule has 3 N–H and O–H groups in total. The zero-order chi connectivity index (χ0) is 16.2. The Morgan fingerprint density at radius 2 is 2.00 bits per heavy atom. The SMILES string of the molecule is COC(=O)c1sccc1S(=O)(=O)NCC1(N)CCCCCC1. The van der Waals surface area contributed by atoms with Crippen molar-refractivity contribution < 1.29 is 17.9 Å². The standard InChI is InChI=1S/C14H22N2O4S2/c1-20-13(17)12-11(6-9-21-12)22(18,19)16-10-14(15)7-4-2-3-5-8-14/h6,9,16H,2-5,7-8,10,15H2,1H3. The highest BCUT2D eigenvalue weighted by molar-refractivity contribution is 7.89. The summed E-state index contributed by atoms with van der Waals surface area (Å²) >= 11 is 1.05. The molecule has 6 nitrogen and oxygen atoms in total. The van der Waals surface area contributed by atoms with E-state index in [0.29, 0.717) is 0 Å². The van der Waals surface area contributed by atoms with Crippen LogP contribution in [0.5, 0.6) is 0 Å². The monoisotopic (exact) mass is 346 g/mol. The normalized spacial score (nSPS) is 18.6. The number of ether oxygens (including phenoxy) is 1. The van der Waals surface area contributed by atoms with Gasteiger partial charge in [-0.25, -0.2) is 17.9 Å². The number of thiophene rings is 1. The summed E-state index contributed by atoms with van der Waals surface area (Å²) in [5.41, 5.74) is 5.82. The molecular formula is C14H22N2O4S2. The van der Waals surface area contributed by atoms with Gasteiger partial charge in [-0.05, 0) is 24.3 Å². The summed E-state index contributed by atoms with van der Waals surface area (Å²) in [5, 5.41) is 1.56. The van der Waals surface area contributed by atoms with Gasteiger partial charge >= 0.3 is 5.97 Å². The zero-order valence-corrected chi connectivity index (χ0v) is 14.3. The van der Waals surface area contributed by atoms with Gasteiger partial charge in [0.25, 0.3) is 0 Å². The number of hydrogen-bond donors (Lipinski definition) is 2. The smallest absolute Gasteiger partial charge is 0.349 e. The van der Waals surface area contributed by atoms with Gasteiger partial charge in [0.05, 0.1) is 7.11 Å². The average Bonchev–Trinajstić information content (AvgIpc) is 2.89. The molecule has 0 amide bonds. The van der Waals surface area contributed by atoms with Gasteiger partial charge in [-0.15, -0.1) is 11.3 Å². The minimum absolute atomic E-state index is 0.0402. The second-order valence-electron chi connectivity index (χ2n) is 5.71. The lowest BCUT2D eigenvalue weighted by Crippen LogP contribution is -2.49. The van der Waals surface area contributed by atoms with Gasteiger partial charge in [-0.1, -0.05) is 25.7 Å². The van der Waals surface area contributed by atoms with Crippen LogP contribution in [0.2, 0.25) is 0 Å². The van der Waals surface area contributed by atoms with E-state index in [1.807, 2.05) is 0 Å². The van der Waals surface area contributed by atoms with Crippen molar-refractivity contribution in [2.75, 3.05) is 13.7 Å². The van der Waals surface area contributed by atoms with Crippen molar-refractivity contribution in [3.05, 3.63) is 16.3 Å². The van der Waals surface area contributed by atoms with Crippen molar-refractivity contribution in [1.82, 2.24) is 4.72 Å². The lowest BCUT2D eigenvalue weighted by Gasteiger charge is -2.28. The molecule has 1 aromatic rings. The number of sulfonamides is 1. The average molecular weight is 346 g/mol. The summed E-state index contributed by atoms with van der Waals surface area (Å²) in [4.78, 5) is 11.7. The molecule has 0 saturated heterocycles. The molecule has 1 aliphatic carbocycles. The van der Waals surface area contributed by atoms with Crippen LogP contribution >= 0.6 is 11.3 Å². The first-order chi connectivity index (χ1) is 10.4. The van der Waals surface area contributed by atoms with Gasteiger partial charge in [0.15, 0.2) is 0 Å². The maximum atomic E-state index is 12.4. The highest BCUT2D eigenvalue weighted by atomic mass is 32.2. The van der Waals surface area contributed by atoms with Gasteiger partial charge in [0.2, 0.25) is 10.0 Å². The Bertz CT molecular complexity index is 617. The number of methoxy groups -OCH3 is 1. The molecule has 1 heterocycles. The maximum Gasteiger partial charge on any atom is 0.349 e. The summed E-state index contributed by atoms with van der Waals surface area (Å²) in [6.45, 7) is 0.186. The van der Waals surface area contributed by atoms with Crippen LogP contribution in [-0.4, -0.2) is 33.6 Å². The van der Waals surface area contributed by atoms with E-state index in [4.69, 9.17) is 5.73 Å². The fourth-order valence-corrected chi connectivity index (χ4v) is 5.15. The van der Waals surface area contributed by atoms with Crippen LogP contribution in [0, 0.1) is 0 Å². The number of esters is 1. The number of nitrogens with two attached hydrogens (primary N) is 1. The Kier molecular flexibility index (Phi) is 5.60. The number of carbonyl (C=O) groups excluding carboxylic acids is 1. The highest BCUT2D eigenvalue weighted by Gasteiger charge is 2.30. The Morgan fingerprint density at radius 1 is 1.36 bits per heavy atom. The van der Waals surface area contributed by atoms with Gasteiger partial charge < -0.3 is 10.5 Å². The van der Waals surface area contributed by atoms with Crippen LogP contribution in [0.25, 0.3) is 0 Å². The second-order valence-corrected chi connectivity index (χ2v) is 8.36. The van der Waals surface area contributed by atoms with E-state index in [0.717, 1.165) is 49.9 Å². The first kappa shape index (κ1) is 17.4. The van der Waals surface area contributed by atoms with Gasteiger partial charge in [0, 0.05) is 12.1 Å². The number of carbonyl (C=O) groups is 1. The Balaban J connectivity index is 2.11. The Morgan fingerprint density at radius 3 is 2.59 bits per heavy atom. The molecule has 0 spiro atoms. The zero-order valence-electron chi connectivity index (χ0n) is 12.6. The molecule has 0 aromatic carbocycles. The van der Waals surface area contributed by atoms with E-state index < -0.39 is 21.5 Å². The maximum absolute atomic E-state index is 12.4. The van der Waals surface area contributed by atoms with E-state index in [2.05, 4.69) is 9.46 Å². The molecule has 1 aliphatic rings. The van der Waals surface area contributed by atoms with Crippen molar-refractivity contribution in [3.8, 4) is 0 Å². The third kappa shape index (κ3) is 4.07. The molecule has 1 fully saturated rings. The number of hydrogen-bond acceptors (Lipinski definition) is 6. The number of rotatable bonds is 5. The van der Waals surface area contributed by atoms with Crippen LogP contribution in [0.3, 0.4) is 0 Å². The molecule has 2 rings (SSSR count). The van der Waals surface area contributed by atoms with Gasteiger partial charge in [-0.3, -0.25) is 0 Å². The van der Waals surface area contributed by atoms with Crippen molar-refractivity contribution in [2.45, 2.75) is 49.0 Å². The molecular weight excluding hydrogens is 324 g/mol. The topological polar surface area (TPSA) is 98.5 Å². The van der Waals surface area contributed by atoms with Gasteiger partial charge in [-0.2, -0.15) is 0 Å². The van der Waals surface area contributed by atoms with E-state index >= 15 is 0 Å². The largest absolute Gasteiger partial charge is 0.465 e. The number of nitrogens with one attached hydrogen (secondary N) is 1. The van der Waals surface area contributed by atoms with E-state index in [9.17, 15) is 13.2 Å². The third-order valence-corrected chi connectivity index (χ3v) is 6.47. The first-order valence-electron chi connectivity index (χ1n) is 7.32. The van der Waals surface area contributed by atoms with Crippen LogP contribution in [0.15, 0.2) is 16.3 Å². The van der Waals surface area contributed by atoms with E-state index in [1.165, 1.54) is 13.2 Å². The Hall–Kier alpha value is -0.960. The fourth-order valence-electron chi connectivity index (χ4n) is 2.68. The summed E-state index contributed by atoms with van der Waals surface area (Å²) < 4.78 is 32.1. The van der Waals surface area contributed by atoms with Crippen LogP contribution < -0.4 is 10.5 Å². The lowest BCUT2D eigenvalue weighted by molar-refractivity contribution is 0.0602. The molecule has 124 valence electrons. The van der Waals surface area contributed by atoms with Crippen LogP contribution in [-0.2, 0) is 14.8 Å². The van der Waals surface area contributed by atoms with Crippen molar-refractivity contribution >= 4 is 27.3 Å². The summed E-state index contributed by atoms with van der Waals surface area (Å²) in [7, 11) is -2.54. The second kappa shape index (κ2) is 7.08. The molecule has 0 atom stereocenters. The van der Waals surface area contributed by atoms with Crippen LogP contribution in [0.1, 0.15) is 48.2 Å². The fraction of sp³-hybridized carbons (Fsp3) is 0.643. The molecule has 0 radical (unpaired) electrons. The minimum Gasteiger partial charge on any atom is -0.465 e. The molecule has 1 aromatic heterocycles. The molecule has 22 heavy (non-hydrogen) atoms. The molecule has 1 saturated carbocycles. The van der Waals surface area contributed by atoms with Gasteiger partial charge in [0.1, 0.15) is 9.77 Å². The summed E-state index contributed by atoms with van der Waals surface area (Å²) in [5.74, 6) is -0.646. The molecule has 0 aliphatic heterocycles. The van der Waals surface area contributed by atoms with Crippen molar-refractivity contribution in [3.63, 3.8) is 0 Å². The predicted molar refractivity (Wildman–Crippen MR) is 85.5 cm³/mol. The first-order valence-corrected chi connectivity index (χ1v) is 9.69.